The molecule has 10 heteroatoms. The lowest BCUT2D eigenvalue weighted by molar-refractivity contribution is -0.138. The summed E-state index contributed by atoms with van der Waals surface area (Å²) in [5.41, 5.74) is 2.56. The van der Waals surface area contributed by atoms with Gasteiger partial charge in [0.05, 0.1) is 5.69 Å². The first kappa shape index (κ1) is 15.4. The van der Waals surface area contributed by atoms with E-state index >= 15 is 0 Å². The van der Waals surface area contributed by atoms with Crippen LogP contribution in [0.5, 0.6) is 0 Å². The van der Waals surface area contributed by atoms with Crippen molar-refractivity contribution in [3.8, 4) is 11.3 Å². The molecular formula is C15H12F3N7. The fourth-order valence-electron chi connectivity index (χ4n) is 2.42. The van der Waals surface area contributed by atoms with Gasteiger partial charge in [-0.25, -0.2) is 14.5 Å². The number of aromatic nitrogens is 6. The average Bonchev–Trinajstić information content (AvgIpc) is 3.19. The van der Waals surface area contributed by atoms with Gasteiger partial charge in [-0.2, -0.15) is 23.3 Å². The molecule has 2 N–H and O–H groups in total. The minimum Gasteiger partial charge on any atom is -0.345 e. The van der Waals surface area contributed by atoms with Crippen molar-refractivity contribution < 1.29 is 13.2 Å². The van der Waals surface area contributed by atoms with Crippen LogP contribution in [0.1, 0.15) is 6.92 Å². The third-order valence-electron chi connectivity index (χ3n) is 3.80. The second-order valence-corrected chi connectivity index (χ2v) is 5.51. The molecule has 0 radical (unpaired) electrons. The fraction of sp³-hybridized carbons (Fsp3) is 0.200. The molecule has 0 saturated heterocycles. The Kier molecular flexibility index (Phi) is 3.34. The first-order chi connectivity index (χ1) is 11.9. The highest BCUT2D eigenvalue weighted by Crippen LogP contribution is 2.27. The highest BCUT2D eigenvalue weighted by molar-refractivity contribution is 5.92. The van der Waals surface area contributed by atoms with Crippen LogP contribution in [0.3, 0.4) is 0 Å². The number of hydrogen-bond donors (Lipinski definition) is 2. The Bertz CT molecular complexity index is 1050. The van der Waals surface area contributed by atoms with Crippen LogP contribution in [0.15, 0.2) is 36.9 Å². The molecule has 0 spiro atoms. The van der Waals surface area contributed by atoms with E-state index in [1.54, 1.807) is 23.1 Å². The summed E-state index contributed by atoms with van der Waals surface area (Å²) < 4.78 is 39.5. The van der Waals surface area contributed by atoms with Crippen molar-refractivity contribution in [3.63, 3.8) is 0 Å². The molecule has 0 aliphatic rings. The summed E-state index contributed by atoms with van der Waals surface area (Å²) in [7, 11) is 0. The van der Waals surface area contributed by atoms with E-state index in [2.05, 4.69) is 30.4 Å². The average molecular weight is 347 g/mol. The van der Waals surface area contributed by atoms with Gasteiger partial charge in [0.25, 0.3) is 0 Å². The van der Waals surface area contributed by atoms with Gasteiger partial charge in [-0.1, -0.05) is 0 Å². The number of anilines is 1. The van der Waals surface area contributed by atoms with Gasteiger partial charge in [0.2, 0.25) is 5.95 Å². The van der Waals surface area contributed by atoms with E-state index in [0.29, 0.717) is 22.4 Å². The van der Waals surface area contributed by atoms with Crippen molar-refractivity contribution in [1.82, 2.24) is 29.5 Å². The lowest BCUT2D eigenvalue weighted by Crippen LogP contribution is -2.33. The molecule has 4 rings (SSSR count). The van der Waals surface area contributed by atoms with Gasteiger partial charge in [0.15, 0.2) is 5.65 Å². The predicted molar refractivity (Wildman–Crippen MR) is 85.0 cm³/mol. The number of rotatable bonds is 3. The van der Waals surface area contributed by atoms with Crippen LogP contribution in [0.2, 0.25) is 0 Å². The van der Waals surface area contributed by atoms with Crippen molar-refractivity contribution in [2.75, 3.05) is 5.32 Å². The van der Waals surface area contributed by atoms with E-state index < -0.39 is 12.2 Å². The number of halogens is 3. The Hall–Kier alpha value is -3.17. The molecule has 1 atom stereocenters. The van der Waals surface area contributed by atoms with Crippen molar-refractivity contribution in [3.05, 3.63) is 36.9 Å². The molecule has 0 fully saturated rings. The van der Waals surface area contributed by atoms with Gasteiger partial charge < -0.3 is 10.3 Å². The largest absolute Gasteiger partial charge is 0.408 e. The number of nitrogens with zero attached hydrogens (tertiary/aromatic N) is 5. The van der Waals surface area contributed by atoms with Gasteiger partial charge >= 0.3 is 6.18 Å². The lowest BCUT2D eigenvalue weighted by Gasteiger charge is -2.16. The summed E-state index contributed by atoms with van der Waals surface area (Å²) in [4.78, 5) is 15.2. The number of alkyl halides is 3. The zero-order valence-electron chi connectivity index (χ0n) is 12.9. The first-order valence-electron chi connectivity index (χ1n) is 7.40. The summed E-state index contributed by atoms with van der Waals surface area (Å²) in [5.74, 6) is -0.0938. The summed E-state index contributed by atoms with van der Waals surface area (Å²) in [6, 6.07) is 1.89. The van der Waals surface area contributed by atoms with Gasteiger partial charge in [0, 0.05) is 35.7 Å². The van der Waals surface area contributed by atoms with Crippen LogP contribution in [0.25, 0.3) is 27.9 Å². The Balaban J connectivity index is 1.70. The second kappa shape index (κ2) is 5.43. The van der Waals surface area contributed by atoms with Crippen molar-refractivity contribution in [1.29, 1.82) is 0 Å². The normalized spacial score (nSPS) is 13.4. The molecule has 4 aromatic rings. The molecule has 0 saturated carbocycles. The fourth-order valence-corrected chi connectivity index (χ4v) is 2.42. The van der Waals surface area contributed by atoms with Crippen molar-refractivity contribution in [2.45, 2.75) is 19.1 Å². The van der Waals surface area contributed by atoms with Crippen molar-refractivity contribution in [2.24, 2.45) is 0 Å². The predicted octanol–water partition coefficient (Wildman–Crippen LogP) is 3.03. The molecule has 0 aromatic carbocycles. The summed E-state index contributed by atoms with van der Waals surface area (Å²) in [6.45, 7) is 1.01. The van der Waals surface area contributed by atoms with Gasteiger partial charge in [-0.15, -0.1) is 0 Å². The van der Waals surface area contributed by atoms with E-state index in [1.165, 1.54) is 6.20 Å². The van der Waals surface area contributed by atoms with Crippen molar-refractivity contribution >= 4 is 22.6 Å². The highest BCUT2D eigenvalue weighted by atomic mass is 19.4. The SMILES string of the molecule is C[C@@H](Nc1ncc2c(-c3ccc4nccn4n3)c[nH]c2n1)C(F)(F)F. The van der Waals surface area contributed by atoms with Gasteiger partial charge in [-0.3, -0.25) is 0 Å². The summed E-state index contributed by atoms with van der Waals surface area (Å²) in [5, 5.41) is 7.36. The van der Waals surface area contributed by atoms with E-state index in [1.807, 2.05) is 12.1 Å². The molecular weight excluding hydrogens is 335 g/mol. The van der Waals surface area contributed by atoms with Crippen LogP contribution >= 0.6 is 0 Å². The van der Waals surface area contributed by atoms with E-state index in [4.69, 9.17) is 0 Å². The molecule has 0 aliphatic heterocycles. The molecule has 0 bridgehead atoms. The Labute approximate surface area is 138 Å². The maximum atomic E-state index is 12.6. The highest BCUT2D eigenvalue weighted by Gasteiger charge is 2.36. The molecule has 0 amide bonds. The number of fused-ring (bicyclic) bond motifs is 2. The number of aromatic amines is 1. The summed E-state index contributed by atoms with van der Waals surface area (Å²) >= 11 is 0. The second-order valence-electron chi connectivity index (χ2n) is 5.51. The molecule has 0 aliphatic carbocycles. The molecule has 4 aromatic heterocycles. The topological polar surface area (TPSA) is 83.8 Å². The van der Waals surface area contributed by atoms with Crippen LogP contribution in [0.4, 0.5) is 19.1 Å². The molecule has 25 heavy (non-hydrogen) atoms. The van der Waals surface area contributed by atoms with Crippen LogP contribution in [-0.2, 0) is 0 Å². The van der Waals surface area contributed by atoms with Crippen LogP contribution < -0.4 is 5.32 Å². The third-order valence-corrected chi connectivity index (χ3v) is 3.80. The molecule has 128 valence electrons. The molecule has 4 heterocycles. The summed E-state index contributed by atoms with van der Waals surface area (Å²) in [6.07, 6.45) is 2.17. The minimum absolute atomic E-state index is 0.0938. The van der Waals surface area contributed by atoms with Crippen LogP contribution in [0, 0.1) is 0 Å². The molecule has 7 nitrogen and oxygen atoms in total. The zero-order chi connectivity index (χ0) is 17.6. The smallest absolute Gasteiger partial charge is 0.345 e. The number of nitrogens with one attached hydrogen (secondary N) is 2. The third kappa shape index (κ3) is 2.75. The number of imidazole rings is 1. The maximum absolute atomic E-state index is 12.6. The quantitative estimate of drug-likeness (QED) is 0.595. The van der Waals surface area contributed by atoms with E-state index in [-0.39, 0.29) is 5.95 Å². The van der Waals surface area contributed by atoms with Crippen LogP contribution in [-0.4, -0.2) is 41.8 Å². The lowest BCUT2D eigenvalue weighted by atomic mass is 10.2. The minimum atomic E-state index is -4.37. The van der Waals surface area contributed by atoms with Gasteiger partial charge in [-0.05, 0) is 19.1 Å². The monoisotopic (exact) mass is 347 g/mol. The Morgan fingerprint density at radius 1 is 1.24 bits per heavy atom. The zero-order valence-corrected chi connectivity index (χ0v) is 12.9. The van der Waals surface area contributed by atoms with Gasteiger partial charge in [0.1, 0.15) is 11.7 Å². The number of hydrogen-bond acceptors (Lipinski definition) is 5. The standard InChI is InChI=1S/C15H12F3N7/c1-8(15(16,17)18)22-14-21-7-10-9(6-20-13(10)23-14)11-2-3-12-19-4-5-25(12)24-11/h2-8H,1H3,(H2,20,21,22,23)/t8-/m1/s1. The number of H-pyrrole nitrogens is 1. The Morgan fingerprint density at radius 3 is 2.88 bits per heavy atom. The first-order valence-corrected chi connectivity index (χ1v) is 7.40. The van der Waals surface area contributed by atoms with E-state index in [9.17, 15) is 13.2 Å². The maximum Gasteiger partial charge on any atom is 0.408 e. The Morgan fingerprint density at radius 2 is 2.08 bits per heavy atom. The molecule has 0 unspecified atom stereocenters. The van der Waals surface area contributed by atoms with E-state index in [0.717, 1.165) is 12.5 Å².